The number of benzene rings is 1. The zero-order chi connectivity index (χ0) is 27.8. The van der Waals surface area contributed by atoms with Gasteiger partial charge in [0, 0.05) is 45.2 Å². The first-order valence-electron chi connectivity index (χ1n) is 13.0. The Labute approximate surface area is 224 Å². The number of aliphatic hydroxyl groups excluding tert-OH is 1. The maximum atomic E-state index is 15.1. The number of halogens is 3. The van der Waals surface area contributed by atoms with Crippen LogP contribution in [0.5, 0.6) is 0 Å². The van der Waals surface area contributed by atoms with Gasteiger partial charge in [0.25, 0.3) is 11.8 Å². The Morgan fingerprint density at radius 3 is 2.33 bits per heavy atom. The van der Waals surface area contributed by atoms with Gasteiger partial charge in [-0.15, -0.1) is 0 Å². The minimum atomic E-state index is -4.00. The van der Waals surface area contributed by atoms with E-state index < -0.39 is 40.0 Å². The van der Waals surface area contributed by atoms with Crippen LogP contribution in [0.3, 0.4) is 0 Å². The molecule has 5 rings (SSSR count). The number of aliphatic hydroxyl groups is 1. The van der Waals surface area contributed by atoms with E-state index in [0.29, 0.717) is 30.0 Å². The van der Waals surface area contributed by atoms with Crippen LogP contribution in [0, 0.1) is 11.2 Å². The van der Waals surface area contributed by atoms with Crippen molar-refractivity contribution in [1.29, 1.82) is 0 Å². The molecule has 14 heteroatoms. The van der Waals surface area contributed by atoms with Crippen molar-refractivity contribution < 1.29 is 31.5 Å². The van der Waals surface area contributed by atoms with Crippen LogP contribution in [0.2, 0.25) is 0 Å². The second kappa shape index (κ2) is 10.5. The summed E-state index contributed by atoms with van der Waals surface area (Å²) >= 11 is 0. The average Bonchev–Trinajstić information content (AvgIpc) is 3.64. The first-order chi connectivity index (χ1) is 18.5. The lowest BCUT2D eigenvalue weighted by Crippen LogP contribution is -2.39. The van der Waals surface area contributed by atoms with Crippen LogP contribution in [0.4, 0.5) is 36.3 Å². The predicted molar refractivity (Wildman–Crippen MR) is 140 cm³/mol. The van der Waals surface area contributed by atoms with E-state index >= 15 is 4.39 Å². The number of rotatable bonds is 8. The van der Waals surface area contributed by atoms with Crippen LogP contribution in [-0.2, 0) is 10.0 Å². The molecule has 0 unspecified atom stereocenters. The SMILES string of the molecule is O=C(Nc1nccc(N2CCC(F)(F)CC2)n1)c1cc(F)c(NS(=O)(=O)CCO)cc1N1CCC2(CC1)CC2. The van der Waals surface area contributed by atoms with Gasteiger partial charge in [0.15, 0.2) is 0 Å². The highest BCUT2D eigenvalue weighted by Crippen LogP contribution is 2.54. The molecule has 3 fully saturated rings. The minimum Gasteiger partial charge on any atom is -0.395 e. The molecule has 2 aromatic rings. The highest BCUT2D eigenvalue weighted by Gasteiger charge is 2.44. The Bertz CT molecular complexity index is 1340. The van der Waals surface area contributed by atoms with Crippen molar-refractivity contribution in [1.82, 2.24) is 9.97 Å². The van der Waals surface area contributed by atoms with Crippen molar-refractivity contribution >= 4 is 39.1 Å². The number of nitrogens with one attached hydrogen (secondary N) is 2. The standard InChI is InChI=1S/C25H31F3N6O4S/c26-18-15-17(22(36)31-23-29-8-1-21(30-23)34-11-6-25(27,28)7-12-34)20(16-19(18)32-39(37,38)14-13-35)33-9-4-24(2-3-24)5-10-33/h1,8,15-16,32,35H,2-7,9-14H2,(H,29,30,31,36). The van der Waals surface area contributed by atoms with Crippen molar-refractivity contribution in [3.63, 3.8) is 0 Å². The molecule has 212 valence electrons. The van der Waals surface area contributed by atoms with Gasteiger partial charge in [0.2, 0.25) is 16.0 Å². The van der Waals surface area contributed by atoms with Crippen molar-refractivity contribution in [2.45, 2.75) is 44.4 Å². The first kappa shape index (κ1) is 27.4. The molecular formula is C25H31F3N6O4S. The maximum absolute atomic E-state index is 15.1. The fourth-order valence-corrected chi connectivity index (χ4v) is 5.97. The molecule has 39 heavy (non-hydrogen) atoms. The maximum Gasteiger partial charge on any atom is 0.260 e. The number of anilines is 4. The fraction of sp³-hybridized carbons (Fsp3) is 0.560. The van der Waals surface area contributed by atoms with Gasteiger partial charge in [-0.25, -0.2) is 26.6 Å². The van der Waals surface area contributed by atoms with Gasteiger partial charge in [-0.1, -0.05) is 0 Å². The van der Waals surface area contributed by atoms with Crippen LogP contribution < -0.4 is 19.8 Å². The molecule has 1 saturated carbocycles. The van der Waals surface area contributed by atoms with Crippen LogP contribution >= 0.6 is 0 Å². The highest BCUT2D eigenvalue weighted by atomic mass is 32.2. The van der Waals surface area contributed by atoms with Crippen LogP contribution in [0.15, 0.2) is 24.4 Å². The van der Waals surface area contributed by atoms with E-state index in [0.717, 1.165) is 31.7 Å². The van der Waals surface area contributed by atoms with Gasteiger partial charge >= 0.3 is 0 Å². The molecule has 0 bridgehead atoms. The van der Waals surface area contributed by atoms with Gasteiger partial charge in [0.1, 0.15) is 11.6 Å². The molecule has 10 nitrogen and oxygen atoms in total. The molecule has 1 aliphatic carbocycles. The Kier molecular flexibility index (Phi) is 7.35. The number of aromatic nitrogens is 2. The summed E-state index contributed by atoms with van der Waals surface area (Å²) in [4.78, 5) is 25.4. The van der Waals surface area contributed by atoms with Gasteiger partial charge < -0.3 is 14.9 Å². The quantitative estimate of drug-likeness (QED) is 0.443. The number of piperidine rings is 2. The van der Waals surface area contributed by atoms with Gasteiger partial charge in [-0.2, -0.15) is 4.98 Å². The van der Waals surface area contributed by atoms with Gasteiger partial charge in [-0.05, 0) is 49.3 Å². The lowest BCUT2D eigenvalue weighted by Gasteiger charge is -2.35. The molecule has 1 aromatic carbocycles. The molecule has 2 aliphatic heterocycles. The van der Waals surface area contributed by atoms with Crippen LogP contribution in [0.1, 0.15) is 48.9 Å². The van der Waals surface area contributed by atoms with E-state index in [1.807, 2.05) is 4.90 Å². The minimum absolute atomic E-state index is 0.0176. The number of nitrogens with zero attached hydrogens (tertiary/aromatic N) is 4. The van der Waals surface area contributed by atoms with E-state index in [1.165, 1.54) is 12.3 Å². The van der Waals surface area contributed by atoms with E-state index in [1.54, 1.807) is 11.0 Å². The summed E-state index contributed by atoms with van der Waals surface area (Å²) in [5.74, 6) is -4.63. The molecule has 1 amide bonds. The normalized spacial score (nSPS) is 20.1. The molecule has 3 aliphatic rings. The summed E-state index contributed by atoms with van der Waals surface area (Å²) in [5, 5.41) is 11.6. The van der Waals surface area contributed by atoms with Crippen molar-refractivity contribution in [2.75, 3.05) is 58.4 Å². The average molecular weight is 569 g/mol. The topological polar surface area (TPSA) is 128 Å². The lowest BCUT2D eigenvalue weighted by atomic mass is 9.93. The molecule has 0 radical (unpaired) electrons. The fourth-order valence-electron chi connectivity index (χ4n) is 5.14. The third-order valence-electron chi connectivity index (χ3n) is 7.76. The number of amides is 1. The summed E-state index contributed by atoms with van der Waals surface area (Å²) < 4.78 is 68.8. The molecule has 1 aromatic heterocycles. The largest absolute Gasteiger partial charge is 0.395 e. The summed E-state index contributed by atoms with van der Waals surface area (Å²) in [6.45, 7) is 0.839. The number of hydrogen-bond acceptors (Lipinski definition) is 8. The smallest absolute Gasteiger partial charge is 0.260 e. The second-order valence-electron chi connectivity index (χ2n) is 10.5. The number of carbonyl (C=O) groups is 1. The summed E-state index contributed by atoms with van der Waals surface area (Å²) in [5.41, 5.74) is 0.357. The van der Waals surface area contributed by atoms with E-state index in [-0.39, 0.29) is 43.1 Å². The third kappa shape index (κ3) is 6.38. The summed E-state index contributed by atoms with van der Waals surface area (Å²) in [6, 6.07) is 3.84. The monoisotopic (exact) mass is 568 g/mol. The van der Waals surface area contributed by atoms with Gasteiger partial charge in [-0.3, -0.25) is 14.8 Å². The van der Waals surface area contributed by atoms with Crippen molar-refractivity contribution in [3.05, 3.63) is 35.8 Å². The Morgan fingerprint density at radius 2 is 1.69 bits per heavy atom. The third-order valence-corrected chi connectivity index (χ3v) is 9.01. The zero-order valence-corrected chi connectivity index (χ0v) is 22.1. The van der Waals surface area contributed by atoms with Gasteiger partial charge in [0.05, 0.1) is 29.3 Å². The highest BCUT2D eigenvalue weighted by molar-refractivity contribution is 7.92. The number of alkyl halides is 2. The Balaban J connectivity index is 1.40. The molecule has 1 spiro atoms. The molecular weight excluding hydrogens is 537 g/mol. The molecule has 3 N–H and O–H groups in total. The number of sulfonamides is 1. The summed E-state index contributed by atoms with van der Waals surface area (Å²) in [7, 11) is -4.00. The Morgan fingerprint density at radius 1 is 1.03 bits per heavy atom. The first-order valence-corrected chi connectivity index (χ1v) is 14.6. The predicted octanol–water partition coefficient (Wildman–Crippen LogP) is 3.22. The van der Waals surface area contributed by atoms with Crippen molar-refractivity contribution in [3.8, 4) is 0 Å². The van der Waals surface area contributed by atoms with Crippen molar-refractivity contribution in [2.24, 2.45) is 5.41 Å². The number of carbonyl (C=O) groups excluding carboxylic acids is 1. The Hall–Kier alpha value is -3.13. The molecule has 0 atom stereocenters. The van der Waals surface area contributed by atoms with E-state index in [2.05, 4.69) is 20.0 Å². The number of hydrogen-bond donors (Lipinski definition) is 3. The molecule has 3 heterocycles. The summed E-state index contributed by atoms with van der Waals surface area (Å²) in [6.07, 6.45) is 4.96. The second-order valence-corrected chi connectivity index (χ2v) is 12.4. The lowest BCUT2D eigenvalue weighted by molar-refractivity contribution is -0.0221. The zero-order valence-electron chi connectivity index (χ0n) is 21.3. The van der Waals surface area contributed by atoms with Crippen LogP contribution in [0.25, 0.3) is 0 Å². The molecule has 2 saturated heterocycles. The van der Waals surface area contributed by atoms with E-state index in [9.17, 15) is 22.0 Å². The van der Waals surface area contributed by atoms with E-state index in [4.69, 9.17) is 5.11 Å². The van der Waals surface area contributed by atoms with Crippen LogP contribution in [-0.4, -0.2) is 73.9 Å².